The van der Waals surface area contributed by atoms with E-state index in [0.717, 1.165) is 18.0 Å². The second-order valence-corrected chi connectivity index (χ2v) is 5.95. The van der Waals surface area contributed by atoms with E-state index in [2.05, 4.69) is 27.5 Å². The molecule has 0 saturated carbocycles. The van der Waals surface area contributed by atoms with Crippen molar-refractivity contribution < 1.29 is 9.21 Å². The van der Waals surface area contributed by atoms with Crippen LogP contribution in [0.4, 0.5) is 0 Å². The van der Waals surface area contributed by atoms with Crippen LogP contribution in [0.15, 0.2) is 27.7 Å². The third kappa shape index (κ3) is 5.10. The average molecular weight is 335 g/mol. The van der Waals surface area contributed by atoms with Gasteiger partial charge >= 0.3 is 0 Å². The standard InChI is InChI=1S/C15H21N5O2S/c1-3-11-8-18-13(23-11)9-20-15(17-4-2)19-7-10-5-6-12(22-10)14(16)21/h5-6,8H,3-4,7,9H2,1-2H3,(H2,16,21)(H2,17,19,20). The van der Waals surface area contributed by atoms with Gasteiger partial charge in [0, 0.05) is 17.6 Å². The van der Waals surface area contributed by atoms with Gasteiger partial charge in [0.15, 0.2) is 11.7 Å². The fourth-order valence-electron chi connectivity index (χ4n) is 1.85. The number of hydrogen-bond donors (Lipinski definition) is 3. The van der Waals surface area contributed by atoms with E-state index in [0.29, 0.717) is 24.8 Å². The Hall–Kier alpha value is -2.35. The molecular formula is C15H21N5O2S. The minimum atomic E-state index is -0.583. The molecule has 2 aromatic heterocycles. The van der Waals surface area contributed by atoms with Crippen LogP contribution < -0.4 is 16.4 Å². The molecule has 8 heteroatoms. The highest BCUT2D eigenvalue weighted by Crippen LogP contribution is 2.13. The molecule has 0 fully saturated rings. The quantitative estimate of drug-likeness (QED) is 0.527. The van der Waals surface area contributed by atoms with Crippen LogP contribution in [0, 0.1) is 0 Å². The molecule has 4 N–H and O–H groups in total. The zero-order valence-corrected chi connectivity index (χ0v) is 14.1. The number of nitrogens with one attached hydrogen (secondary N) is 2. The molecule has 0 atom stereocenters. The van der Waals surface area contributed by atoms with Crippen molar-refractivity contribution >= 4 is 23.2 Å². The number of hydrogen-bond acceptors (Lipinski definition) is 5. The Labute approximate surface area is 139 Å². The summed E-state index contributed by atoms with van der Waals surface area (Å²) in [5, 5.41) is 7.40. The predicted molar refractivity (Wildman–Crippen MR) is 90.4 cm³/mol. The largest absolute Gasteiger partial charge is 0.454 e. The number of carbonyl (C=O) groups is 1. The maximum atomic E-state index is 11.0. The second kappa shape index (κ2) is 8.33. The Balaban J connectivity index is 1.94. The normalized spacial score (nSPS) is 11.5. The summed E-state index contributed by atoms with van der Waals surface area (Å²) in [6.07, 6.45) is 2.90. The third-order valence-electron chi connectivity index (χ3n) is 3.00. The van der Waals surface area contributed by atoms with Gasteiger partial charge in [0.1, 0.15) is 17.3 Å². The molecule has 0 aliphatic carbocycles. The van der Waals surface area contributed by atoms with Crippen molar-refractivity contribution in [2.24, 2.45) is 10.7 Å². The SMILES string of the molecule is CCNC(=NCc1ccc(C(N)=O)o1)NCc1ncc(CC)s1. The lowest BCUT2D eigenvalue weighted by Gasteiger charge is -2.09. The number of nitrogens with two attached hydrogens (primary N) is 1. The molecular weight excluding hydrogens is 314 g/mol. The number of aromatic nitrogens is 1. The summed E-state index contributed by atoms with van der Waals surface area (Å²) >= 11 is 1.69. The smallest absolute Gasteiger partial charge is 0.284 e. The summed E-state index contributed by atoms with van der Waals surface area (Å²) in [6, 6.07) is 3.25. The number of aryl methyl sites for hydroxylation is 1. The third-order valence-corrected chi connectivity index (χ3v) is 4.14. The maximum absolute atomic E-state index is 11.0. The van der Waals surface area contributed by atoms with E-state index in [-0.39, 0.29) is 5.76 Å². The summed E-state index contributed by atoms with van der Waals surface area (Å²) in [5.74, 6) is 0.806. The van der Waals surface area contributed by atoms with E-state index in [1.807, 2.05) is 13.1 Å². The summed E-state index contributed by atoms with van der Waals surface area (Å²) in [5.41, 5.74) is 5.16. The van der Waals surface area contributed by atoms with Gasteiger partial charge in [-0.25, -0.2) is 9.98 Å². The van der Waals surface area contributed by atoms with E-state index in [1.54, 1.807) is 23.5 Å². The first-order chi connectivity index (χ1) is 11.1. The van der Waals surface area contributed by atoms with Gasteiger partial charge in [0.2, 0.25) is 0 Å². The highest BCUT2D eigenvalue weighted by atomic mass is 32.1. The zero-order chi connectivity index (χ0) is 16.7. The number of nitrogens with zero attached hydrogens (tertiary/aromatic N) is 2. The molecule has 2 heterocycles. The number of rotatable bonds is 7. The molecule has 0 aliphatic heterocycles. The maximum Gasteiger partial charge on any atom is 0.284 e. The van der Waals surface area contributed by atoms with Gasteiger partial charge in [-0.2, -0.15) is 0 Å². The van der Waals surface area contributed by atoms with Gasteiger partial charge in [-0.3, -0.25) is 4.79 Å². The van der Waals surface area contributed by atoms with Gasteiger partial charge in [0.05, 0.1) is 6.54 Å². The van der Waals surface area contributed by atoms with Gasteiger partial charge in [0.25, 0.3) is 5.91 Å². The Morgan fingerprint density at radius 1 is 1.39 bits per heavy atom. The number of guanidine groups is 1. The van der Waals surface area contributed by atoms with E-state index >= 15 is 0 Å². The summed E-state index contributed by atoms with van der Waals surface area (Å²) in [6.45, 7) is 5.78. The number of amides is 1. The van der Waals surface area contributed by atoms with Crippen molar-refractivity contribution in [3.05, 3.63) is 39.7 Å². The van der Waals surface area contributed by atoms with Crippen molar-refractivity contribution in [2.75, 3.05) is 6.54 Å². The van der Waals surface area contributed by atoms with E-state index < -0.39 is 5.91 Å². The van der Waals surface area contributed by atoms with Crippen LogP contribution in [0.25, 0.3) is 0 Å². The van der Waals surface area contributed by atoms with Gasteiger partial charge in [-0.05, 0) is 25.5 Å². The summed E-state index contributed by atoms with van der Waals surface area (Å²) < 4.78 is 5.31. The van der Waals surface area contributed by atoms with Crippen molar-refractivity contribution in [3.63, 3.8) is 0 Å². The monoisotopic (exact) mass is 335 g/mol. The highest BCUT2D eigenvalue weighted by molar-refractivity contribution is 7.11. The van der Waals surface area contributed by atoms with Crippen LogP contribution in [0.5, 0.6) is 0 Å². The number of aliphatic imine (C=N–C) groups is 1. The number of thiazole rings is 1. The summed E-state index contributed by atoms with van der Waals surface area (Å²) in [4.78, 5) is 21.1. The molecule has 7 nitrogen and oxygen atoms in total. The van der Waals surface area contributed by atoms with Crippen LogP contribution in [-0.4, -0.2) is 23.4 Å². The molecule has 23 heavy (non-hydrogen) atoms. The van der Waals surface area contributed by atoms with Crippen molar-refractivity contribution in [1.29, 1.82) is 0 Å². The Morgan fingerprint density at radius 2 is 2.22 bits per heavy atom. The first-order valence-corrected chi connectivity index (χ1v) is 8.28. The molecule has 0 radical (unpaired) electrons. The molecule has 2 rings (SSSR count). The van der Waals surface area contributed by atoms with Crippen molar-refractivity contribution in [1.82, 2.24) is 15.6 Å². The number of carbonyl (C=O) groups excluding carboxylic acids is 1. The first-order valence-electron chi connectivity index (χ1n) is 7.46. The molecule has 0 bridgehead atoms. The average Bonchev–Trinajstić information content (AvgIpc) is 3.19. The molecule has 0 aliphatic rings. The number of primary amides is 1. The van der Waals surface area contributed by atoms with Crippen molar-refractivity contribution in [2.45, 2.75) is 33.4 Å². The van der Waals surface area contributed by atoms with E-state index in [4.69, 9.17) is 10.2 Å². The van der Waals surface area contributed by atoms with Crippen LogP contribution >= 0.6 is 11.3 Å². The van der Waals surface area contributed by atoms with Crippen LogP contribution in [0.2, 0.25) is 0 Å². The van der Waals surface area contributed by atoms with Crippen LogP contribution in [-0.2, 0) is 19.5 Å². The molecule has 0 saturated heterocycles. The molecule has 0 unspecified atom stereocenters. The number of furan rings is 1. The van der Waals surface area contributed by atoms with Gasteiger partial charge in [-0.15, -0.1) is 11.3 Å². The predicted octanol–water partition coefficient (Wildman–Crippen LogP) is 1.65. The molecule has 2 aromatic rings. The Kier molecular flexibility index (Phi) is 6.16. The molecule has 1 amide bonds. The van der Waals surface area contributed by atoms with E-state index in [9.17, 15) is 4.79 Å². The van der Waals surface area contributed by atoms with E-state index in [1.165, 1.54) is 4.88 Å². The zero-order valence-electron chi connectivity index (χ0n) is 13.3. The summed E-state index contributed by atoms with van der Waals surface area (Å²) in [7, 11) is 0. The fraction of sp³-hybridized carbons (Fsp3) is 0.400. The Bertz CT molecular complexity index is 677. The molecule has 0 aromatic carbocycles. The fourth-order valence-corrected chi connectivity index (χ4v) is 2.65. The minimum Gasteiger partial charge on any atom is -0.454 e. The first kappa shape index (κ1) is 17.0. The second-order valence-electron chi connectivity index (χ2n) is 4.75. The lowest BCUT2D eigenvalue weighted by Crippen LogP contribution is -2.36. The van der Waals surface area contributed by atoms with Crippen molar-refractivity contribution in [3.8, 4) is 0 Å². The Morgan fingerprint density at radius 3 is 2.83 bits per heavy atom. The van der Waals surface area contributed by atoms with Crippen LogP contribution in [0.3, 0.4) is 0 Å². The highest BCUT2D eigenvalue weighted by Gasteiger charge is 2.07. The van der Waals surface area contributed by atoms with Crippen LogP contribution in [0.1, 0.15) is 40.0 Å². The lowest BCUT2D eigenvalue weighted by atomic mass is 10.4. The topological polar surface area (TPSA) is 106 Å². The van der Waals surface area contributed by atoms with Gasteiger partial charge < -0.3 is 20.8 Å². The molecule has 124 valence electrons. The minimum absolute atomic E-state index is 0.142. The van der Waals surface area contributed by atoms with Gasteiger partial charge in [-0.1, -0.05) is 6.92 Å². The lowest BCUT2D eigenvalue weighted by molar-refractivity contribution is 0.0972. The molecule has 0 spiro atoms.